The summed E-state index contributed by atoms with van der Waals surface area (Å²) < 4.78 is 0. The van der Waals surface area contributed by atoms with E-state index in [-0.39, 0.29) is 0 Å². The average Bonchev–Trinajstić information content (AvgIpc) is 2.40. The van der Waals surface area contributed by atoms with Gasteiger partial charge in [0.2, 0.25) is 0 Å². The van der Waals surface area contributed by atoms with Gasteiger partial charge in [0.05, 0.1) is 29.7 Å². The van der Waals surface area contributed by atoms with Crippen LogP contribution in [0, 0.1) is 11.3 Å². The summed E-state index contributed by atoms with van der Waals surface area (Å²) in [5, 5.41) is 9.68. The van der Waals surface area contributed by atoms with E-state index < -0.39 is 0 Å². The molecule has 0 radical (unpaired) electrons. The Hall–Kier alpha value is -2.12. The van der Waals surface area contributed by atoms with Gasteiger partial charge in [-0.2, -0.15) is 5.26 Å². The van der Waals surface area contributed by atoms with E-state index >= 15 is 0 Å². The fourth-order valence-electron chi connectivity index (χ4n) is 1.65. The molecule has 0 unspecified atom stereocenters. The minimum absolute atomic E-state index is 0.572. The average molecular weight is 259 g/mol. The number of nitriles is 1. The molecule has 0 saturated heterocycles. The van der Waals surface area contributed by atoms with E-state index in [1.165, 1.54) is 0 Å². The molecule has 0 amide bonds. The fourth-order valence-corrected chi connectivity index (χ4v) is 1.82. The number of anilines is 1. The highest BCUT2D eigenvalue weighted by molar-refractivity contribution is 6.30. The standard InChI is InChI=1S/C13H11ClN4/c1-18(9-12-8-16-4-5-17-12)13-6-11(14)3-2-10(13)7-15/h2-6,8H,9H2,1H3. The van der Waals surface area contributed by atoms with Crippen LogP contribution in [-0.4, -0.2) is 17.0 Å². The maximum Gasteiger partial charge on any atom is 0.101 e. The third-order valence-corrected chi connectivity index (χ3v) is 2.74. The lowest BCUT2D eigenvalue weighted by Gasteiger charge is -2.20. The molecule has 4 nitrogen and oxygen atoms in total. The van der Waals surface area contributed by atoms with Crippen molar-refractivity contribution < 1.29 is 0 Å². The van der Waals surface area contributed by atoms with Crippen LogP contribution < -0.4 is 4.90 Å². The number of hydrogen-bond acceptors (Lipinski definition) is 4. The fraction of sp³-hybridized carbons (Fsp3) is 0.154. The molecule has 0 N–H and O–H groups in total. The Labute approximate surface area is 110 Å². The molecule has 0 aliphatic heterocycles. The molecule has 1 aromatic carbocycles. The summed E-state index contributed by atoms with van der Waals surface area (Å²) >= 11 is 5.96. The summed E-state index contributed by atoms with van der Waals surface area (Å²) in [5.41, 5.74) is 2.21. The SMILES string of the molecule is CN(Cc1cnccn1)c1cc(Cl)ccc1C#N. The van der Waals surface area contributed by atoms with Crippen LogP contribution in [0.2, 0.25) is 5.02 Å². The summed E-state index contributed by atoms with van der Waals surface area (Å²) in [6, 6.07) is 7.35. The van der Waals surface area contributed by atoms with Crippen LogP contribution in [0.4, 0.5) is 5.69 Å². The first-order valence-corrected chi connectivity index (χ1v) is 5.74. The van der Waals surface area contributed by atoms with E-state index in [2.05, 4.69) is 16.0 Å². The number of benzene rings is 1. The Balaban J connectivity index is 2.26. The van der Waals surface area contributed by atoms with Crippen molar-refractivity contribution in [2.45, 2.75) is 6.54 Å². The van der Waals surface area contributed by atoms with Gasteiger partial charge in [-0.05, 0) is 18.2 Å². The smallest absolute Gasteiger partial charge is 0.101 e. The van der Waals surface area contributed by atoms with Gasteiger partial charge >= 0.3 is 0 Å². The second-order valence-corrected chi connectivity index (χ2v) is 4.26. The van der Waals surface area contributed by atoms with Crippen molar-refractivity contribution in [3.8, 4) is 6.07 Å². The largest absolute Gasteiger partial charge is 0.368 e. The Bertz CT molecular complexity index is 577. The van der Waals surface area contributed by atoms with Gasteiger partial charge in [-0.15, -0.1) is 0 Å². The second-order valence-electron chi connectivity index (χ2n) is 3.83. The van der Waals surface area contributed by atoms with Crippen LogP contribution in [0.25, 0.3) is 0 Å². The molecule has 18 heavy (non-hydrogen) atoms. The zero-order chi connectivity index (χ0) is 13.0. The molecule has 0 spiro atoms. The lowest BCUT2D eigenvalue weighted by molar-refractivity contribution is 0.872. The van der Waals surface area contributed by atoms with Gasteiger partial charge in [0.1, 0.15) is 6.07 Å². The van der Waals surface area contributed by atoms with Crippen molar-refractivity contribution in [1.82, 2.24) is 9.97 Å². The van der Waals surface area contributed by atoms with E-state index in [1.54, 1.807) is 36.8 Å². The Morgan fingerprint density at radius 2 is 2.22 bits per heavy atom. The molecule has 0 bridgehead atoms. The first kappa shape index (κ1) is 12.3. The first-order chi connectivity index (χ1) is 8.70. The topological polar surface area (TPSA) is 52.8 Å². The molecule has 0 atom stereocenters. The van der Waals surface area contributed by atoms with Crippen molar-refractivity contribution in [3.63, 3.8) is 0 Å². The molecule has 0 fully saturated rings. The van der Waals surface area contributed by atoms with E-state index in [9.17, 15) is 0 Å². The molecule has 1 heterocycles. The molecule has 0 saturated carbocycles. The van der Waals surface area contributed by atoms with Crippen molar-refractivity contribution in [3.05, 3.63) is 53.1 Å². The van der Waals surface area contributed by atoms with Crippen molar-refractivity contribution in [2.24, 2.45) is 0 Å². The highest BCUT2D eigenvalue weighted by Gasteiger charge is 2.09. The molecular formula is C13H11ClN4. The van der Waals surface area contributed by atoms with E-state index in [1.807, 2.05) is 11.9 Å². The predicted molar refractivity (Wildman–Crippen MR) is 70.3 cm³/mol. The van der Waals surface area contributed by atoms with Gasteiger partial charge in [-0.25, -0.2) is 0 Å². The highest BCUT2D eigenvalue weighted by atomic mass is 35.5. The molecule has 0 aliphatic carbocycles. The minimum Gasteiger partial charge on any atom is -0.368 e. The third-order valence-electron chi connectivity index (χ3n) is 2.51. The van der Waals surface area contributed by atoms with Gasteiger partial charge in [0.25, 0.3) is 0 Å². The zero-order valence-corrected chi connectivity index (χ0v) is 10.6. The van der Waals surface area contributed by atoms with Crippen LogP contribution in [0.3, 0.4) is 0 Å². The number of hydrogen-bond donors (Lipinski definition) is 0. The maximum atomic E-state index is 9.08. The van der Waals surface area contributed by atoms with Gasteiger partial charge in [0, 0.05) is 24.5 Å². The maximum absolute atomic E-state index is 9.08. The monoisotopic (exact) mass is 258 g/mol. The summed E-state index contributed by atoms with van der Waals surface area (Å²) in [4.78, 5) is 10.1. The summed E-state index contributed by atoms with van der Waals surface area (Å²) in [7, 11) is 1.89. The number of nitrogens with zero attached hydrogens (tertiary/aromatic N) is 4. The van der Waals surface area contributed by atoms with Gasteiger partial charge in [0.15, 0.2) is 0 Å². The van der Waals surface area contributed by atoms with Crippen molar-refractivity contribution in [2.75, 3.05) is 11.9 Å². The minimum atomic E-state index is 0.572. The third kappa shape index (κ3) is 2.76. The Morgan fingerprint density at radius 1 is 1.39 bits per heavy atom. The normalized spacial score (nSPS) is 9.83. The number of rotatable bonds is 3. The molecule has 90 valence electrons. The summed E-state index contributed by atoms with van der Waals surface area (Å²) in [5.74, 6) is 0. The van der Waals surface area contributed by atoms with E-state index in [4.69, 9.17) is 16.9 Å². The van der Waals surface area contributed by atoms with Crippen LogP contribution >= 0.6 is 11.6 Å². The zero-order valence-electron chi connectivity index (χ0n) is 9.84. The lowest BCUT2D eigenvalue weighted by atomic mass is 10.2. The lowest BCUT2D eigenvalue weighted by Crippen LogP contribution is -2.18. The van der Waals surface area contributed by atoms with E-state index in [0.29, 0.717) is 17.1 Å². The number of aromatic nitrogens is 2. The first-order valence-electron chi connectivity index (χ1n) is 5.36. The Kier molecular flexibility index (Phi) is 3.75. The van der Waals surface area contributed by atoms with E-state index in [0.717, 1.165) is 11.4 Å². The Morgan fingerprint density at radius 3 is 2.89 bits per heavy atom. The van der Waals surface area contributed by atoms with Crippen LogP contribution in [-0.2, 0) is 6.54 Å². The van der Waals surface area contributed by atoms with Crippen LogP contribution in [0.1, 0.15) is 11.3 Å². The van der Waals surface area contributed by atoms with Gasteiger partial charge in [-0.3, -0.25) is 9.97 Å². The number of halogens is 1. The quantitative estimate of drug-likeness (QED) is 0.849. The van der Waals surface area contributed by atoms with Gasteiger partial charge in [-0.1, -0.05) is 11.6 Å². The molecule has 2 rings (SSSR count). The predicted octanol–water partition coefficient (Wildman–Crippen LogP) is 2.64. The highest BCUT2D eigenvalue weighted by Crippen LogP contribution is 2.24. The molecular weight excluding hydrogens is 248 g/mol. The van der Waals surface area contributed by atoms with Crippen LogP contribution in [0.15, 0.2) is 36.8 Å². The van der Waals surface area contributed by atoms with Crippen molar-refractivity contribution in [1.29, 1.82) is 5.26 Å². The summed E-state index contributed by atoms with van der Waals surface area (Å²) in [6.45, 7) is 0.572. The second kappa shape index (κ2) is 5.48. The van der Waals surface area contributed by atoms with Gasteiger partial charge < -0.3 is 4.90 Å². The molecule has 0 aliphatic rings. The van der Waals surface area contributed by atoms with Crippen molar-refractivity contribution >= 4 is 17.3 Å². The molecule has 5 heteroatoms. The summed E-state index contributed by atoms with van der Waals surface area (Å²) in [6.07, 6.45) is 4.98. The van der Waals surface area contributed by atoms with Crippen LogP contribution in [0.5, 0.6) is 0 Å². The molecule has 2 aromatic rings. The molecule has 1 aromatic heterocycles.